The highest BCUT2D eigenvalue weighted by atomic mass is 32.2. The summed E-state index contributed by atoms with van der Waals surface area (Å²) >= 11 is 0. The number of hydrogen-bond acceptors (Lipinski definition) is 6. The Morgan fingerprint density at radius 1 is 1.10 bits per heavy atom. The number of aryl methyl sites for hydroxylation is 2. The molecule has 3 rings (SSSR count). The van der Waals surface area contributed by atoms with Gasteiger partial charge in [0.1, 0.15) is 0 Å². The summed E-state index contributed by atoms with van der Waals surface area (Å²) in [5, 5.41) is 10.4. The third kappa shape index (κ3) is 5.18. The molecule has 0 radical (unpaired) electrons. The number of nitrogens with one attached hydrogen (secondary N) is 1. The van der Waals surface area contributed by atoms with Gasteiger partial charge in [-0.15, -0.1) is 5.10 Å². The second kappa shape index (κ2) is 9.40. The molecule has 0 aliphatic heterocycles. The molecule has 0 fully saturated rings. The second-order valence-corrected chi connectivity index (χ2v) is 9.43. The van der Waals surface area contributed by atoms with Crippen molar-refractivity contribution in [2.45, 2.75) is 38.5 Å². The van der Waals surface area contributed by atoms with Crippen molar-refractivity contribution in [3.63, 3.8) is 0 Å². The van der Waals surface area contributed by atoms with Crippen LogP contribution in [0.4, 0.5) is 6.01 Å². The number of anilines is 1. The van der Waals surface area contributed by atoms with Gasteiger partial charge in [0.15, 0.2) is 0 Å². The molecule has 3 aromatic rings. The molecule has 0 saturated carbocycles. The molecule has 8 nitrogen and oxygen atoms in total. The first kappa shape index (κ1) is 22.6. The molecule has 0 spiro atoms. The van der Waals surface area contributed by atoms with Gasteiger partial charge in [0.25, 0.3) is 5.91 Å². The van der Waals surface area contributed by atoms with Gasteiger partial charge in [0, 0.05) is 24.7 Å². The minimum Gasteiger partial charge on any atom is -0.403 e. The molecule has 0 bridgehead atoms. The van der Waals surface area contributed by atoms with Gasteiger partial charge in [-0.25, -0.2) is 12.7 Å². The Morgan fingerprint density at radius 3 is 2.48 bits per heavy atom. The smallest absolute Gasteiger partial charge is 0.322 e. The van der Waals surface area contributed by atoms with Crippen LogP contribution in [0, 0.1) is 13.8 Å². The lowest BCUT2D eigenvalue weighted by Gasteiger charge is -2.16. The predicted molar refractivity (Wildman–Crippen MR) is 118 cm³/mol. The molecule has 0 unspecified atom stereocenters. The van der Waals surface area contributed by atoms with Crippen molar-refractivity contribution in [3.8, 4) is 11.5 Å². The summed E-state index contributed by atoms with van der Waals surface area (Å²) in [5.41, 5.74) is 3.11. The number of carbonyl (C=O) groups excluding carboxylic acids is 1. The van der Waals surface area contributed by atoms with E-state index in [9.17, 15) is 13.2 Å². The summed E-state index contributed by atoms with van der Waals surface area (Å²) in [7, 11) is -2.04. The Morgan fingerprint density at radius 2 is 1.81 bits per heavy atom. The van der Waals surface area contributed by atoms with Crippen LogP contribution in [0.15, 0.2) is 51.8 Å². The highest BCUT2D eigenvalue weighted by molar-refractivity contribution is 7.89. The van der Waals surface area contributed by atoms with Crippen LogP contribution in [0.1, 0.15) is 41.3 Å². The van der Waals surface area contributed by atoms with Crippen molar-refractivity contribution in [1.29, 1.82) is 0 Å². The van der Waals surface area contributed by atoms with E-state index >= 15 is 0 Å². The van der Waals surface area contributed by atoms with Gasteiger partial charge >= 0.3 is 6.01 Å². The highest BCUT2D eigenvalue weighted by Gasteiger charge is 2.21. The number of nitrogens with zero attached hydrogens (tertiary/aromatic N) is 3. The van der Waals surface area contributed by atoms with Crippen molar-refractivity contribution < 1.29 is 17.6 Å². The maximum Gasteiger partial charge on any atom is 0.322 e. The first-order valence-electron chi connectivity index (χ1n) is 10.0. The van der Waals surface area contributed by atoms with Gasteiger partial charge in [-0.1, -0.05) is 36.1 Å². The maximum atomic E-state index is 12.6. The zero-order chi connectivity index (χ0) is 22.6. The molecule has 1 aromatic heterocycles. The third-order valence-electron chi connectivity index (χ3n) is 4.92. The average molecular weight is 443 g/mol. The van der Waals surface area contributed by atoms with E-state index in [1.165, 1.54) is 28.6 Å². The van der Waals surface area contributed by atoms with Gasteiger partial charge in [0.05, 0.1) is 4.90 Å². The van der Waals surface area contributed by atoms with Gasteiger partial charge in [-0.2, -0.15) is 0 Å². The monoisotopic (exact) mass is 442 g/mol. The summed E-state index contributed by atoms with van der Waals surface area (Å²) in [6, 6.07) is 11.6. The number of hydrogen-bond donors (Lipinski definition) is 1. The van der Waals surface area contributed by atoms with E-state index in [4.69, 9.17) is 4.42 Å². The largest absolute Gasteiger partial charge is 0.403 e. The van der Waals surface area contributed by atoms with Gasteiger partial charge in [0.2, 0.25) is 15.9 Å². The van der Waals surface area contributed by atoms with Crippen molar-refractivity contribution in [2.75, 3.05) is 18.9 Å². The van der Waals surface area contributed by atoms with Gasteiger partial charge in [-0.05, 0) is 56.2 Å². The number of rotatable bonds is 8. The van der Waals surface area contributed by atoms with E-state index in [0.29, 0.717) is 12.4 Å². The summed E-state index contributed by atoms with van der Waals surface area (Å²) in [4.78, 5) is 12.7. The molecule has 1 N–H and O–H groups in total. The molecular weight excluding hydrogens is 416 g/mol. The van der Waals surface area contributed by atoms with Crippen LogP contribution in [-0.4, -0.2) is 42.4 Å². The lowest BCUT2D eigenvalue weighted by Crippen LogP contribution is -2.28. The fourth-order valence-electron chi connectivity index (χ4n) is 2.98. The fourth-order valence-corrected chi connectivity index (χ4v) is 4.19. The molecule has 1 heterocycles. The first-order valence-corrected chi connectivity index (χ1v) is 11.4. The van der Waals surface area contributed by atoms with Crippen molar-refractivity contribution >= 4 is 21.9 Å². The number of amides is 1. The third-order valence-corrected chi connectivity index (χ3v) is 6.79. The predicted octanol–water partition coefficient (Wildman–Crippen LogP) is 4.03. The topological polar surface area (TPSA) is 105 Å². The molecular formula is C22H26N4O4S. The lowest BCUT2D eigenvalue weighted by molar-refractivity contribution is 0.102. The molecule has 0 aliphatic carbocycles. The molecule has 0 atom stereocenters. The maximum absolute atomic E-state index is 12.6. The second-order valence-electron chi connectivity index (χ2n) is 7.39. The summed E-state index contributed by atoms with van der Waals surface area (Å²) in [6.45, 7) is 6.35. The zero-order valence-corrected chi connectivity index (χ0v) is 18.9. The molecule has 31 heavy (non-hydrogen) atoms. The molecule has 1 amide bonds. The highest BCUT2D eigenvalue weighted by Crippen LogP contribution is 2.25. The van der Waals surface area contributed by atoms with Gasteiger partial charge in [-0.3, -0.25) is 10.1 Å². The summed E-state index contributed by atoms with van der Waals surface area (Å²) < 4.78 is 32.1. The Balaban J connectivity index is 1.72. The van der Waals surface area contributed by atoms with Crippen LogP contribution in [0.2, 0.25) is 0 Å². The van der Waals surface area contributed by atoms with Crippen LogP contribution in [0.25, 0.3) is 11.5 Å². The number of sulfonamides is 1. The summed E-state index contributed by atoms with van der Waals surface area (Å²) in [5.74, 6) is -0.160. The number of aromatic nitrogens is 2. The fraction of sp³-hybridized carbons (Fsp3) is 0.318. The zero-order valence-electron chi connectivity index (χ0n) is 18.0. The van der Waals surface area contributed by atoms with Crippen molar-refractivity contribution in [1.82, 2.24) is 14.5 Å². The molecule has 9 heteroatoms. The Bertz CT molecular complexity index is 1170. The van der Waals surface area contributed by atoms with Crippen LogP contribution in [0.5, 0.6) is 0 Å². The van der Waals surface area contributed by atoms with Crippen LogP contribution in [-0.2, 0) is 10.0 Å². The van der Waals surface area contributed by atoms with E-state index in [2.05, 4.69) is 15.5 Å². The molecule has 0 saturated heterocycles. The van der Waals surface area contributed by atoms with Crippen LogP contribution < -0.4 is 5.32 Å². The van der Waals surface area contributed by atoms with E-state index in [1.807, 2.05) is 39.0 Å². The van der Waals surface area contributed by atoms with E-state index in [1.54, 1.807) is 7.05 Å². The SMILES string of the molecule is CCCCN(C)S(=O)(=O)c1ccc(C(=O)Nc2nnc(-c3cc(C)ccc3C)o2)cc1. The molecule has 164 valence electrons. The Hall–Kier alpha value is -3.04. The number of benzene rings is 2. The number of carbonyl (C=O) groups is 1. The van der Waals surface area contributed by atoms with Crippen molar-refractivity contribution in [3.05, 3.63) is 59.2 Å². The lowest BCUT2D eigenvalue weighted by atomic mass is 10.1. The normalized spacial score (nSPS) is 11.6. The van der Waals surface area contributed by atoms with E-state index in [0.717, 1.165) is 29.5 Å². The van der Waals surface area contributed by atoms with E-state index < -0.39 is 15.9 Å². The van der Waals surface area contributed by atoms with Crippen LogP contribution >= 0.6 is 0 Å². The quantitative estimate of drug-likeness (QED) is 0.565. The Kier molecular flexibility index (Phi) is 6.87. The minimum atomic E-state index is -3.59. The molecule has 2 aromatic carbocycles. The number of unbranched alkanes of at least 4 members (excludes halogenated alkanes) is 1. The Labute approximate surface area is 182 Å². The van der Waals surface area contributed by atoms with E-state index in [-0.39, 0.29) is 16.5 Å². The average Bonchev–Trinajstić information content (AvgIpc) is 3.21. The molecule has 0 aliphatic rings. The van der Waals surface area contributed by atoms with Gasteiger partial charge < -0.3 is 4.42 Å². The summed E-state index contributed by atoms with van der Waals surface area (Å²) in [6.07, 6.45) is 1.68. The van der Waals surface area contributed by atoms with Crippen LogP contribution in [0.3, 0.4) is 0 Å². The van der Waals surface area contributed by atoms with Crippen molar-refractivity contribution in [2.24, 2.45) is 0 Å². The minimum absolute atomic E-state index is 0.0306. The first-order chi connectivity index (χ1) is 14.7. The standard InChI is InChI=1S/C22H26N4O4S/c1-5-6-13-26(4)31(28,29)18-11-9-17(10-12-18)20(27)23-22-25-24-21(30-22)19-14-15(2)7-8-16(19)3/h7-12,14H,5-6,13H2,1-4H3,(H,23,25,27).